The van der Waals surface area contributed by atoms with Crippen molar-refractivity contribution in [3.05, 3.63) is 0 Å². The summed E-state index contributed by atoms with van der Waals surface area (Å²) >= 11 is 0. The number of hydrogen-bond donors (Lipinski definition) is 1. The highest BCUT2D eigenvalue weighted by atomic mass is 32.2. The maximum atomic E-state index is 10.8. The Hall–Kier alpha value is -0.130. The molecule has 0 aromatic carbocycles. The third kappa shape index (κ3) is 10.4. The van der Waals surface area contributed by atoms with E-state index in [-0.39, 0.29) is 5.75 Å². The molecule has 4 nitrogen and oxygen atoms in total. The molecule has 1 N–H and O–H groups in total. The molecule has 0 rings (SSSR count). The molecule has 0 aromatic rings. The van der Waals surface area contributed by atoms with Gasteiger partial charge < -0.3 is 10.1 Å². The van der Waals surface area contributed by atoms with Crippen molar-refractivity contribution in [3.63, 3.8) is 0 Å². The fourth-order valence-corrected chi connectivity index (χ4v) is 1.87. The summed E-state index contributed by atoms with van der Waals surface area (Å²) in [6.45, 7) is 6.01. The van der Waals surface area contributed by atoms with Gasteiger partial charge in [0.15, 0.2) is 0 Å². The number of ether oxygens (including phenoxy) is 1. The van der Waals surface area contributed by atoms with E-state index in [2.05, 4.69) is 19.2 Å². The average molecular weight is 251 g/mol. The fraction of sp³-hybridized carbons (Fsp3) is 1.00. The summed E-state index contributed by atoms with van der Waals surface area (Å²) in [5.74, 6) is 0.110. The Morgan fingerprint density at radius 3 is 2.44 bits per heavy atom. The standard InChI is InChI=1S/C11H25NO3S/c1-4-6-11(5-2)12-7-8-15-9-10-16(3,13)14/h11-12H,4-10H2,1-3H3. The van der Waals surface area contributed by atoms with Crippen LogP contribution in [-0.4, -0.2) is 46.2 Å². The lowest BCUT2D eigenvalue weighted by molar-refractivity contribution is 0.147. The molecule has 0 saturated carbocycles. The van der Waals surface area contributed by atoms with Crippen LogP contribution in [0.3, 0.4) is 0 Å². The molecule has 0 aromatic heterocycles. The minimum absolute atomic E-state index is 0.110. The zero-order valence-electron chi connectivity index (χ0n) is 10.7. The SMILES string of the molecule is CCCC(CC)NCCOCCS(C)(=O)=O. The summed E-state index contributed by atoms with van der Waals surface area (Å²) in [6.07, 6.45) is 4.71. The van der Waals surface area contributed by atoms with E-state index in [4.69, 9.17) is 4.74 Å². The smallest absolute Gasteiger partial charge is 0.149 e. The first-order valence-electron chi connectivity index (χ1n) is 5.98. The minimum Gasteiger partial charge on any atom is -0.379 e. The maximum absolute atomic E-state index is 10.8. The van der Waals surface area contributed by atoms with E-state index in [0.717, 1.165) is 13.0 Å². The second-order valence-corrected chi connectivity index (χ2v) is 6.35. The normalized spacial score (nSPS) is 13.9. The molecule has 0 aliphatic heterocycles. The Bertz CT molecular complexity index is 252. The summed E-state index contributed by atoms with van der Waals surface area (Å²) in [5, 5.41) is 3.39. The van der Waals surface area contributed by atoms with E-state index >= 15 is 0 Å². The van der Waals surface area contributed by atoms with Gasteiger partial charge in [0.1, 0.15) is 9.84 Å². The molecule has 0 amide bonds. The Morgan fingerprint density at radius 2 is 1.94 bits per heavy atom. The molecule has 98 valence electrons. The lowest BCUT2D eigenvalue weighted by atomic mass is 10.1. The van der Waals surface area contributed by atoms with Gasteiger partial charge in [-0.1, -0.05) is 20.3 Å². The van der Waals surface area contributed by atoms with Gasteiger partial charge in [-0.25, -0.2) is 8.42 Å². The van der Waals surface area contributed by atoms with Crippen molar-refractivity contribution in [1.29, 1.82) is 0 Å². The molecule has 0 spiro atoms. The van der Waals surface area contributed by atoms with Gasteiger partial charge in [0.25, 0.3) is 0 Å². The second-order valence-electron chi connectivity index (χ2n) is 4.09. The summed E-state index contributed by atoms with van der Waals surface area (Å²) in [4.78, 5) is 0. The molecular formula is C11H25NO3S. The van der Waals surface area contributed by atoms with E-state index in [9.17, 15) is 8.42 Å². The van der Waals surface area contributed by atoms with Gasteiger partial charge in [-0.05, 0) is 12.8 Å². The van der Waals surface area contributed by atoms with Crippen LogP contribution < -0.4 is 5.32 Å². The first-order chi connectivity index (χ1) is 7.49. The lowest BCUT2D eigenvalue weighted by Crippen LogP contribution is -2.31. The van der Waals surface area contributed by atoms with E-state index in [0.29, 0.717) is 19.3 Å². The first-order valence-corrected chi connectivity index (χ1v) is 8.04. The molecule has 0 fully saturated rings. The van der Waals surface area contributed by atoms with Crippen molar-refractivity contribution < 1.29 is 13.2 Å². The zero-order chi connectivity index (χ0) is 12.4. The summed E-state index contributed by atoms with van der Waals surface area (Å²) in [5.41, 5.74) is 0. The van der Waals surface area contributed by atoms with Crippen LogP contribution in [0.25, 0.3) is 0 Å². The van der Waals surface area contributed by atoms with Crippen LogP contribution in [0.2, 0.25) is 0 Å². The number of hydrogen-bond acceptors (Lipinski definition) is 4. The highest BCUT2D eigenvalue weighted by molar-refractivity contribution is 7.90. The van der Waals surface area contributed by atoms with Crippen LogP contribution in [0.15, 0.2) is 0 Å². The third-order valence-electron chi connectivity index (χ3n) is 2.41. The van der Waals surface area contributed by atoms with Gasteiger partial charge in [-0.2, -0.15) is 0 Å². The van der Waals surface area contributed by atoms with Crippen molar-refractivity contribution in [1.82, 2.24) is 5.32 Å². The predicted octanol–water partition coefficient (Wildman–Crippen LogP) is 1.22. The van der Waals surface area contributed by atoms with Crippen LogP contribution >= 0.6 is 0 Å². The van der Waals surface area contributed by atoms with Gasteiger partial charge in [0.05, 0.1) is 19.0 Å². The van der Waals surface area contributed by atoms with Crippen molar-refractivity contribution in [2.24, 2.45) is 0 Å². The average Bonchev–Trinajstić information content (AvgIpc) is 2.20. The molecule has 16 heavy (non-hydrogen) atoms. The Kier molecular flexibility index (Phi) is 8.89. The largest absolute Gasteiger partial charge is 0.379 e. The van der Waals surface area contributed by atoms with Crippen LogP contribution in [0.1, 0.15) is 33.1 Å². The van der Waals surface area contributed by atoms with Crippen molar-refractivity contribution in [2.75, 3.05) is 31.8 Å². The second kappa shape index (κ2) is 8.96. The summed E-state index contributed by atoms with van der Waals surface area (Å²) in [7, 11) is -2.89. The first kappa shape index (κ1) is 15.9. The van der Waals surface area contributed by atoms with Crippen LogP contribution in [0.4, 0.5) is 0 Å². The molecule has 1 unspecified atom stereocenters. The van der Waals surface area contributed by atoms with Crippen molar-refractivity contribution in [3.8, 4) is 0 Å². The van der Waals surface area contributed by atoms with Gasteiger partial charge in [0.2, 0.25) is 0 Å². The molecule has 0 aliphatic carbocycles. The predicted molar refractivity (Wildman–Crippen MR) is 67.5 cm³/mol. The van der Waals surface area contributed by atoms with E-state index in [1.54, 1.807) is 0 Å². The number of nitrogens with one attached hydrogen (secondary N) is 1. The quantitative estimate of drug-likeness (QED) is 0.593. The van der Waals surface area contributed by atoms with Gasteiger partial charge >= 0.3 is 0 Å². The Balaban J connectivity index is 3.38. The van der Waals surface area contributed by atoms with Gasteiger partial charge in [0, 0.05) is 18.8 Å². The van der Waals surface area contributed by atoms with Crippen LogP contribution in [0.5, 0.6) is 0 Å². The van der Waals surface area contributed by atoms with Crippen LogP contribution in [0, 0.1) is 0 Å². The number of rotatable bonds is 10. The van der Waals surface area contributed by atoms with E-state index in [1.165, 1.54) is 19.1 Å². The van der Waals surface area contributed by atoms with Crippen molar-refractivity contribution in [2.45, 2.75) is 39.2 Å². The highest BCUT2D eigenvalue weighted by Gasteiger charge is 2.04. The maximum Gasteiger partial charge on any atom is 0.149 e. The molecular weight excluding hydrogens is 226 g/mol. The molecule has 0 radical (unpaired) electrons. The molecule has 0 bridgehead atoms. The van der Waals surface area contributed by atoms with E-state index in [1.807, 2.05) is 0 Å². The molecule has 0 saturated heterocycles. The Labute approximate surface area is 99.7 Å². The van der Waals surface area contributed by atoms with Crippen molar-refractivity contribution >= 4 is 9.84 Å². The monoisotopic (exact) mass is 251 g/mol. The zero-order valence-corrected chi connectivity index (χ0v) is 11.5. The van der Waals surface area contributed by atoms with Gasteiger partial charge in [-0.3, -0.25) is 0 Å². The Morgan fingerprint density at radius 1 is 1.25 bits per heavy atom. The van der Waals surface area contributed by atoms with Crippen LogP contribution in [-0.2, 0) is 14.6 Å². The summed E-state index contributed by atoms with van der Waals surface area (Å²) in [6, 6.07) is 0.559. The fourth-order valence-electron chi connectivity index (χ4n) is 1.45. The number of sulfone groups is 1. The topological polar surface area (TPSA) is 55.4 Å². The lowest BCUT2D eigenvalue weighted by Gasteiger charge is -2.15. The molecule has 0 heterocycles. The molecule has 1 atom stereocenters. The summed E-state index contributed by atoms with van der Waals surface area (Å²) < 4.78 is 26.9. The third-order valence-corrected chi connectivity index (χ3v) is 3.32. The minimum atomic E-state index is -2.89. The molecule has 5 heteroatoms. The van der Waals surface area contributed by atoms with Gasteiger partial charge in [-0.15, -0.1) is 0 Å². The highest BCUT2D eigenvalue weighted by Crippen LogP contribution is 1.99. The van der Waals surface area contributed by atoms with E-state index < -0.39 is 9.84 Å². The molecule has 0 aliphatic rings.